The molecule has 0 unspecified atom stereocenters. The Labute approximate surface area is 120 Å². The Morgan fingerprint density at radius 2 is 2.10 bits per heavy atom. The highest BCUT2D eigenvalue weighted by molar-refractivity contribution is 5.99. The molecule has 0 aromatic carbocycles. The molecule has 0 fully saturated rings. The van der Waals surface area contributed by atoms with Crippen LogP contribution in [0.2, 0.25) is 0 Å². The van der Waals surface area contributed by atoms with E-state index in [1.165, 1.54) is 0 Å². The average molecular weight is 274 g/mol. The molecular formula is C15H22N4O. The van der Waals surface area contributed by atoms with Crippen molar-refractivity contribution in [2.75, 3.05) is 13.1 Å². The van der Waals surface area contributed by atoms with E-state index in [0.717, 1.165) is 17.7 Å². The van der Waals surface area contributed by atoms with E-state index in [2.05, 4.69) is 4.99 Å². The van der Waals surface area contributed by atoms with Crippen molar-refractivity contribution in [1.82, 2.24) is 4.90 Å². The number of aliphatic imine (C=N–C) groups is 1. The first-order chi connectivity index (χ1) is 9.62. The van der Waals surface area contributed by atoms with Crippen LogP contribution in [-0.4, -0.2) is 30.2 Å². The predicted octanol–water partition coefficient (Wildman–Crippen LogP) is 1.45. The Morgan fingerprint density at radius 1 is 1.35 bits per heavy atom. The van der Waals surface area contributed by atoms with E-state index < -0.39 is 0 Å². The molecule has 0 saturated carbocycles. The van der Waals surface area contributed by atoms with Gasteiger partial charge in [0.15, 0.2) is 0 Å². The van der Waals surface area contributed by atoms with Gasteiger partial charge in [-0.2, -0.15) is 0 Å². The first-order valence-electron chi connectivity index (χ1n) is 6.59. The standard InChI is InChI=1S/C15H22N4O/c1-3-5-7-12(6-4-2)18-15(17)13-10-19(11-20)9-8-14(13)16/h3-7,11H,8-10,16H2,1-2H3,(H2,17,18)/b5-3-,6-4-,12-7+. The molecule has 0 saturated heterocycles. The Kier molecular flexibility index (Phi) is 6.29. The number of carbonyl (C=O) groups excluding carboxylic acids is 1. The van der Waals surface area contributed by atoms with E-state index in [1.807, 2.05) is 44.2 Å². The molecule has 4 N–H and O–H groups in total. The van der Waals surface area contributed by atoms with Gasteiger partial charge < -0.3 is 16.4 Å². The number of carbonyl (C=O) groups is 1. The number of amidine groups is 1. The minimum absolute atomic E-state index is 0.364. The van der Waals surface area contributed by atoms with Crippen molar-refractivity contribution in [3.63, 3.8) is 0 Å². The third-order valence-electron chi connectivity index (χ3n) is 2.92. The summed E-state index contributed by atoms with van der Waals surface area (Å²) in [5, 5.41) is 0. The molecule has 1 amide bonds. The fourth-order valence-electron chi connectivity index (χ4n) is 1.84. The number of hydrogen-bond donors (Lipinski definition) is 2. The summed E-state index contributed by atoms with van der Waals surface area (Å²) >= 11 is 0. The van der Waals surface area contributed by atoms with Crippen molar-refractivity contribution in [3.05, 3.63) is 47.3 Å². The number of hydrogen-bond acceptors (Lipinski definition) is 3. The number of amides is 1. The molecule has 0 radical (unpaired) electrons. The molecule has 0 aromatic rings. The summed E-state index contributed by atoms with van der Waals surface area (Å²) < 4.78 is 0. The molecule has 0 spiro atoms. The van der Waals surface area contributed by atoms with Crippen molar-refractivity contribution in [3.8, 4) is 0 Å². The number of rotatable bonds is 5. The first kappa shape index (κ1) is 15.8. The van der Waals surface area contributed by atoms with Gasteiger partial charge in [0.2, 0.25) is 6.41 Å². The smallest absolute Gasteiger partial charge is 0.210 e. The Bertz CT molecular complexity index is 498. The summed E-state index contributed by atoms with van der Waals surface area (Å²) in [5.41, 5.74) is 14.2. The topological polar surface area (TPSA) is 84.7 Å². The van der Waals surface area contributed by atoms with Crippen LogP contribution in [0, 0.1) is 0 Å². The summed E-state index contributed by atoms with van der Waals surface area (Å²) in [6.45, 7) is 4.89. The van der Waals surface area contributed by atoms with E-state index in [1.54, 1.807) is 4.90 Å². The van der Waals surface area contributed by atoms with Crippen LogP contribution in [-0.2, 0) is 4.79 Å². The van der Waals surface area contributed by atoms with Crippen LogP contribution in [0.1, 0.15) is 20.3 Å². The zero-order valence-electron chi connectivity index (χ0n) is 12.0. The molecule has 0 aromatic heterocycles. The van der Waals surface area contributed by atoms with Gasteiger partial charge in [0.05, 0.1) is 12.2 Å². The van der Waals surface area contributed by atoms with Crippen molar-refractivity contribution in [2.45, 2.75) is 20.3 Å². The second-order valence-corrected chi connectivity index (χ2v) is 4.44. The predicted molar refractivity (Wildman–Crippen MR) is 82.8 cm³/mol. The molecule has 0 bridgehead atoms. The summed E-state index contributed by atoms with van der Waals surface area (Å²) in [6, 6.07) is 0. The maximum absolute atomic E-state index is 10.9. The molecular weight excluding hydrogens is 252 g/mol. The monoisotopic (exact) mass is 274 g/mol. The van der Waals surface area contributed by atoms with Crippen LogP contribution in [0.25, 0.3) is 0 Å². The van der Waals surface area contributed by atoms with Crippen molar-refractivity contribution in [2.24, 2.45) is 16.5 Å². The summed E-state index contributed by atoms with van der Waals surface area (Å²) in [7, 11) is 0. The highest BCUT2D eigenvalue weighted by Crippen LogP contribution is 2.14. The Hall–Kier alpha value is -2.30. The SMILES string of the molecule is C\C=C/C=C(\C=C/C)N=C(N)C1=C(N)CCN(C=O)C1. The lowest BCUT2D eigenvalue weighted by Gasteiger charge is -2.25. The van der Waals surface area contributed by atoms with Crippen LogP contribution in [0.3, 0.4) is 0 Å². The highest BCUT2D eigenvalue weighted by atomic mass is 16.1. The van der Waals surface area contributed by atoms with Crippen LogP contribution in [0.15, 0.2) is 52.3 Å². The molecule has 1 rings (SSSR count). The van der Waals surface area contributed by atoms with Gasteiger partial charge in [0.25, 0.3) is 0 Å². The Balaban J connectivity index is 3.04. The molecule has 1 heterocycles. The number of nitrogens with zero attached hydrogens (tertiary/aromatic N) is 2. The lowest BCUT2D eigenvalue weighted by atomic mass is 10.1. The fourth-order valence-corrected chi connectivity index (χ4v) is 1.84. The maximum atomic E-state index is 10.9. The molecule has 108 valence electrons. The van der Waals surface area contributed by atoms with Crippen LogP contribution < -0.4 is 11.5 Å². The van der Waals surface area contributed by atoms with E-state index in [4.69, 9.17) is 11.5 Å². The van der Waals surface area contributed by atoms with Gasteiger partial charge in [0.1, 0.15) is 5.84 Å². The van der Waals surface area contributed by atoms with Gasteiger partial charge in [0, 0.05) is 24.2 Å². The lowest BCUT2D eigenvalue weighted by Crippen LogP contribution is -2.37. The minimum atomic E-state index is 0.364. The zero-order valence-corrected chi connectivity index (χ0v) is 12.0. The zero-order chi connectivity index (χ0) is 15.0. The van der Waals surface area contributed by atoms with Gasteiger partial charge in [-0.25, -0.2) is 4.99 Å². The lowest BCUT2D eigenvalue weighted by molar-refractivity contribution is -0.117. The average Bonchev–Trinajstić information content (AvgIpc) is 2.45. The van der Waals surface area contributed by atoms with Crippen molar-refractivity contribution < 1.29 is 4.79 Å². The molecule has 20 heavy (non-hydrogen) atoms. The second kappa shape index (κ2) is 7.99. The van der Waals surface area contributed by atoms with Crippen LogP contribution >= 0.6 is 0 Å². The number of allylic oxidation sites excluding steroid dienone is 5. The van der Waals surface area contributed by atoms with Gasteiger partial charge >= 0.3 is 0 Å². The van der Waals surface area contributed by atoms with Crippen molar-refractivity contribution in [1.29, 1.82) is 0 Å². The normalized spacial score (nSPS) is 18.4. The molecule has 1 aliphatic heterocycles. The maximum Gasteiger partial charge on any atom is 0.210 e. The van der Waals surface area contributed by atoms with Crippen molar-refractivity contribution >= 4 is 12.2 Å². The van der Waals surface area contributed by atoms with Gasteiger partial charge in [-0.15, -0.1) is 0 Å². The van der Waals surface area contributed by atoms with Gasteiger partial charge in [-0.1, -0.05) is 18.2 Å². The summed E-state index contributed by atoms with van der Waals surface area (Å²) in [4.78, 5) is 16.9. The van der Waals surface area contributed by atoms with Gasteiger partial charge in [-0.05, 0) is 26.0 Å². The quantitative estimate of drug-likeness (QED) is 0.344. The minimum Gasteiger partial charge on any atom is -0.402 e. The van der Waals surface area contributed by atoms with Crippen LogP contribution in [0.4, 0.5) is 0 Å². The molecule has 0 atom stereocenters. The summed E-state index contributed by atoms with van der Waals surface area (Å²) in [6.07, 6.45) is 10.9. The Morgan fingerprint density at radius 3 is 2.70 bits per heavy atom. The van der Waals surface area contributed by atoms with Crippen LogP contribution in [0.5, 0.6) is 0 Å². The number of nitrogens with two attached hydrogens (primary N) is 2. The largest absolute Gasteiger partial charge is 0.402 e. The van der Waals surface area contributed by atoms with E-state index in [9.17, 15) is 4.79 Å². The third kappa shape index (κ3) is 4.42. The molecule has 5 nitrogen and oxygen atoms in total. The molecule has 0 aliphatic carbocycles. The first-order valence-corrected chi connectivity index (χ1v) is 6.59. The second-order valence-electron chi connectivity index (χ2n) is 4.44. The van der Waals surface area contributed by atoms with Gasteiger partial charge in [-0.3, -0.25) is 4.79 Å². The van der Waals surface area contributed by atoms with E-state index >= 15 is 0 Å². The highest BCUT2D eigenvalue weighted by Gasteiger charge is 2.18. The van der Waals surface area contributed by atoms with E-state index in [0.29, 0.717) is 31.0 Å². The third-order valence-corrected chi connectivity index (χ3v) is 2.92. The fraction of sp³-hybridized carbons (Fsp3) is 0.333. The molecule has 5 heteroatoms. The molecule has 1 aliphatic rings. The summed E-state index contributed by atoms with van der Waals surface area (Å²) in [5.74, 6) is 0.364. The van der Waals surface area contributed by atoms with E-state index in [-0.39, 0.29) is 0 Å².